The lowest BCUT2D eigenvalue weighted by molar-refractivity contribution is -0.137. The third-order valence-corrected chi connectivity index (χ3v) is 4.54. The van der Waals surface area contributed by atoms with Crippen LogP contribution in [0.5, 0.6) is 0 Å². The van der Waals surface area contributed by atoms with Gasteiger partial charge in [-0.05, 0) is 38.3 Å². The minimum atomic E-state index is -4.53. The monoisotopic (exact) mass is 385 g/mol. The van der Waals surface area contributed by atoms with Crippen molar-refractivity contribution < 1.29 is 22.8 Å². The Morgan fingerprint density at radius 1 is 1.15 bits per heavy atom. The second-order valence-corrected chi connectivity index (χ2v) is 6.84. The largest absolute Gasteiger partial charge is 0.418 e. The predicted octanol–water partition coefficient (Wildman–Crippen LogP) is 3.41. The van der Waals surface area contributed by atoms with Crippen LogP contribution >= 0.6 is 0 Å². The molecule has 0 aliphatic carbocycles. The molecule has 1 aliphatic rings. The van der Waals surface area contributed by atoms with Gasteiger partial charge in [0.2, 0.25) is 11.8 Å². The Bertz CT molecular complexity index is 643. The quantitative estimate of drug-likeness (QED) is 0.756. The number of halogens is 3. The molecule has 0 bridgehead atoms. The van der Waals surface area contributed by atoms with Crippen LogP contribution in [0.4, 0.5) is 18.9 Å². The van der Waals surface area contributed by atoms with Gasteiger partial charge >= 0.3 is 6.18 Å². The van der Waals surface area contributed by atoms with Crippen LogP contribution in [0, 0.1) is 0 Å². The fourth-order valence-electron chi connectivity index (χ4n) is 3.12. The first-order valence-corrected chi connectivity index (χ1v) is 9.24. The second kappa shape index (κ2) is 9.73. The molecular weight excluding hydrogens is 359 g/mol. The smallest absolute Gasteiger partial charge is 0.343 e. The molecule has 0 aromatic heterocycles. The normalized spacial score (nSPS) is 16.1. The molecular formula is C19H26F3N3O2. The molecule has 1 aromatic carbocycles. The summed E-state index contributed by atoms with van der Waals surface area (Å²) in [6, 6.07) is 4.64. The number of hydrogen-bond acceptors (Lipinski definition) is 3. The van der Waals surface area contributed by atoms with Gasteiger partial charge in [0.05, 0.1) is 11.3 Å². The molecule has 2 rings (SSSR count). The highest BCUT2D eigenvalue weighted by Gasteiger charge is 2.33. The molecule has 27 heavy (non-hydrogen) atoms. The van der Waals surface area contributed by atoms with Gasteiger partial charge < -0.3 is 15.5 Å². The summed E-state index contributed by atoms with van der Waals surface area (Å²) in [5, 5.41) is 5.41. The van der Waals surface area contributed by atoms with Crippen LogP contribution in [0.25, 0.3) is 0 Å². The van der Waals surface area contributed by atoms with E-state index in [0.717, 1.165) is 38.4 Å². The van der Waals surface area contributed by atoms with Crippen molar-refractivity contribution >= 4 is 17.5 Å². The molecule has 5 nitrogen and oxygen atoms in total. The molecule has 1 aliphatic heterocycles. The van der Waals surface area contributed by atoms with Gasteiger partial charge in [-0.25, -0.2) is 0 Å². The third-order valence-electron chi connectivity index (χ3n) is 4.54. The zero-order valence-corrected chi connectivity index (χ0v) is 15.4. The van der Waals surface area contributed by atoms with Crippen LogP contribution in [0.3, 0.4) is 0 Å². The van der Waals surface area contributed by atoms with Crippen LogP contribution in [-0.4, -0.2) is 42.4 Å². The molecule has 0 saturated carbocycles. The van der Waals surface area contributed by atoms with E-state index in [0.29, 0.717) is 13.0 Å². The summed E-state index contributed by atoms with van der Waals surface area (Å²) in [5.74, 6) is -0.410. The molecule has 150 valence electrons. The summed E-state index contributed by atoms with van der Waals surface area (Å²) in [4.78, 5) is 26.0. The summed E-state index contributed by atoms with van der Waals surface area (Å²) in [6.07, 6.45) is -0.925. The van der Waals surface area contributed by atoms with Crippen molar-refractivity contribution in [3.8, 4) is 0 Å². The maximum absolute atomic E-state index is 13.0. The van der Waals surface area contributed by atoms with Gasteiger partial charge in [-0.3, -0.25) is 9.59 Å². The summed E-state index contributed by atoms with van der Waals surface area (Å²) >= 11 is 0. The number of para-hydroxylation sites is 1. The number of anilines is 1. The second-order valence-electron chi connectivity index (χ2n) is 6.84. The van der Waals surface area contributed by atoms with E-state index < -0.39 is 17.6 Å². The lowest BCUT2D eigenvalue weighted by Gasteiger charge is -2.27. The highest BCUT2D eigenvalue weighted by molar-refractivity contribution is 5.92. The number of nitrogens with zero attached hydrogens (tertiary/aromatic N) is 1. The van der Waals surface area contributed by atoms with E-state index in [1.165, 1.54) is 18.2 Å². The highest BCUT2D eigenvalue weighted by atomic mass is 19.4. The van der Waals surface area contributed by atoms with Crippen molar-refractivity contribution in [1.82, 2.24) is 10.2 Å². The fourth-order valence-corrected chi connectivity index (χ4v) is 3.12. The average Bonchev–Trinajstić information content (AvgIpc) is 2.61. The summed E-state index contributed by atoms with van der Waals surface area (Å²) in [7, 11) is 0. The Balaban J connectivity index is 1.75. The van der Waals surface area contributed by atoms with E-state index in [1.807, 2.05) is 4.90 Å². The molecule has 0 radical (unpaired) electrons. The SMILES string of the molecule is CC(CC(=O)Nc1ccccc1C(F)(F)F)NCCC(=O)N1CCCCC1. The van der Waals surface area contributed by atoms with Crippen LogP contribution in [-0.2, 0) is 15.8 Å². The number of hydrogen-bond donors (Lipinski definition) is 2. The van der Waals surface area contributed by atoms with Crippen LogP contribution in [0.15, 0.2) is 24.3 Å². The van der Waals surface area contributed by atoms with Gasteiger partial charge in [-0.2, -0.15) is 13.2 Å². The van der Waals surface area contributed by atoms with Crippen LogP contribution < -0.4 is 10.6 Å². The number of carbonyl (C=O) groups is 2. The van der Waals surface area contributed by atoms with Gasteiger partial charge in [0, 0.05) is 38.5 Å². The van der Waals surface area contributed by atoms with E-state index in [4.69, 9.17) is 0 Å². The molecule has 2 amide bonds. The maximum Gasteiger partial charge on any atom is 0.418 e. The molecule has 1 saturated heterocycles. The first-order chi connectivity index (χ1) is 12.8. The lowest BCUT2D eigenvalue weighted by Crippen LogP contribution is -2.38. The summed E-state index contributed by atoms with van der Waals surface area (Å²) in [5.41, 5.74) is -1.12. The lowest BCUT2D eigenvalue weighted by atomic mass is 10.1. The number of carbonyl (C=O) groups excluding carboxylic acids is 2. The van der Waals surface area contributed by atoms with Gasteiger partial charge in [0.15, 0.2) is 0 Å². The molecule has 2 N–H and O–H groups in total. The Hall–Kier alpha value is -2.09. The Morgan fingerprint density at radius 2 is 1.81 bits per heavy atom. The molecule has 1 atom stereocenters. The van der Waals surface area contributed by atoms with Crippen molar-refractivity contribution in [2.75, 3.05) is 25.0 Å². The van der Waals surface area contributed by atoms with Gasteiger partial charge in [0.25, 0.3) is 0 Å². The van der Waals surface area contributed by atoms with Crippen molar-refractivity contribution in [1.29, 1.82) is 0 Å². The first kappa shape index (κ1) is 21.2. The number of nitrogens with one attached hydrogen (secondary N) is 2. The minimum absolute atomic E-state index is 0.0180. The summed E-state index contributed by atoms with van der Waals surface area (Å²) in [6.45, 7) is 3.80. The number of piperidine rings is 1. The van der Waals surface area contributed by atoms with Crippen molar-refractivity contribution in [2.45, 2.75) is 51.2 Å². The first-order valence-electron chi connectivity index (χ1n) is 9.24. The predicted molar refractivity (Wildman–Crippen MR) is 97.2 cm³/mol. The Morgan fingerprint density at radius 3 is 2.48 bits per heavy atom. The molecule has 0 spiro atoms. The van der Waals surface area contributed by atoms with Crippen LogP contribution in [0.1, 0.15) is 44.6 Å². The number of alkyl halides is 3. The number of amides is 2. The Labute approximate surface area is 157 Å². The average molecular weight is 385 g/mol. The fraction of sp³-hybridized carbons (Fsp3) is 0.579. The minimum Gasteiger partial charge on any atom is -0.343 e. The van der Waals surface area contributed by atoms with E-state index in [-0.39, 0.29) is 24.1 Å². The van der Waals surface area contributed by atoms with Crippen molar-refractivity contribution in [3.63, 3.8) is 0 Å². The molecule has 1 fully saturated rings. The van der Waals surface area contributed by atoms with E-state index >= 15 is 0 Å². The molecule has 1 aromatic rings. The topological polar surface area (TPSA) is 61.4 Å². The standard InChI is InChI=1S/C19H26F3N3O2/c1-14(23-10-9-18(27)25-11-5-2-6-12-25)13-17(26)24-16-8-4-3-7-15(16)19(20,21)22/h3-4,7-8,14,23H,2,5-6,9-13H2,1H3,(H,24,26). The number of likely N-dealkylation sites (tertiary alicyclic amines) is 1. The number of rotatable bonds is 7. The molecule has 1 heterocycles. The Kier molecular flexibility index (Phi) is 7.65. The van der Waals surface area contributed by atoms with E-state index in [9.17, 15) is 22.8 Å². The van der Waals surface area contributed by atoms with E-state index in [2.05, 4.69) is 10.6 Å². The van der Waals surface area contributed by atoms with Gasteiger partial charge in [-0.1, -0.05) is 12.1 Å². The zero-order valence-electron chi connectivity index (χ0n) is 15.4. The summed E-state index contributed by atoms with van der Waals surface area (Å²) < 4.78 is 38.9. The molecule has 8 heteroatoms. The third kappa shape index (κ3) is 6.86. The van der Waals surface area contributed by atoms with Crippen molar-refractivity contribution in [3.05, 3.63) is 29.8 Å². The zero-order chi connectivity index (χ0) is 19.9. The van der Waals surface area contributed by atoms with Gasteiger partial charge in [-0.15, -0.1) is 0 Å². The maximum atomic E-state index is 13.0. The van der Waals surface area contributed by atoms with Crippen LogP contribution in [0.2, 0.25) is 0 Å². The highest BCUT2D eigenvalue weighted by Crippen LogP contribution is 2.34. The molecule has 1 unspecified atom stereocenters. The van der Waals surface area contributed by atoms with E-state index in [1.54, 1.807) is 6.92 Å². The number of benzene rings is 1. The van der Waals surface area contributed by atoms with Gasteiger partial charge in [0.1, 0.15) is 0 Å². The van der Waals surface area contributed by atoms with Crippen molar-refractivity contribution in [2.24, 2.45) is 0 Å².